The first-order chi connectivity index (χ1) is 16.8. The van der Waals surface area contributed by atoms with Crippen LogP contribution in [0.15, 0.2) is 60.8 Å². The van der Waals surface area contributed by atoms with Gasteiger partial charge in [-0.3, -0.25) is 14.9 Å². The Kier molecular flexibility index (Phi) is 5.45. The molecule has 0 unspecified atom stereocenters. The molecule has 2 aromatic carbocycles. The maximum Gasteiger partial charge on any atom is 0.324 e. The van der Waals surface area contributed by atoms with E-state index in [4.69, 9.17) is 0 Å². The summed E-state index contributed by atoms with van der Waals surface area (Å²) in [5, 5.41) is 17.9. The third-order valence-electron chi connectivity index (χ3n) is 4.90. The van der Waals surface area contributed by atoms with E-state index in [9.17, 15) is 28.1 Å². The van der Waals surface area contributed by atoms with E-state index in [1.807, 2.05) is 0 Å². The number of nitro groups is 1. The Labute approximate surface area is 197 Å². The molecular weight excluding hydrogens is 485 g/mol. The van der Waals surface area contributed by atoms with Gasteiger partial charge < -0.3 is 5.32 Å². The summed E-state index contributed by atoms with van der Waals surface area (Å²) in [7, 11) is 0. The molecule has 5 rings (SSSR count). The minimum Gasteiger partial charge on any atom is -0.305 e. The number of hydrogen-bond donors (Lipinski definition) is 1. The van der Waals surface area contributed by atoms with Gasteiger partial charge in [0.1, 0.15) is 5.82 Å². The van der Waals surface area contributed by atoms with Gasteiger partial charge in [0.25, 0.3) is 5.91 Å². The molecule has 3 aromatic heterocycles. The van der Waals surface area contributed by atoms with Crippen molar-refractivity contribution in [3.8, 4) is 17.1 Å². The fraction of sp³-hybridized carbons (Fsp3) is 0. The number of para-hydroxylation sites is 1. The van der Waals surface area contributed by atoms with Gasteiger partial charge in [0.15, 0.2) is 28.9 Å². The third kappa shape index (κ3) is 4.08. The number of thiophene rings is 1. The number of halogens is 3. The zero-order valence-corrected chi connectivity index (χ0v) is 18.1. The molecule has 0 atom stereocenters. The highest BCUT2D eigenvalue weighted by Crippen LogP contribution is 2.30. The van der Waals surface area contributed by atoms with Crippen LogP contribution in [-0.2, 0) is 0 Å². The summed E-state index contributed by atoms with van der Waals surface area (Å²) in [6, 6.07) is 12.8. The number of carbonyl (C=O) groups excluding carboxylic acids is 1. The lowest BCUT2D eigenvalue weighted by molar-refractivity contribution is -0.380. The van der Waals surface area contributed by atoms with Crippen molar-refractivity contribution in [2.45, 2.75) is 0 Å². The molecule has 1 N–H and O–H groups in total. The Balaban J connectivity index is 1.66. The minimum absolute atomic E-state index is 0.0411. The second-order valence-electron chi connectivity index (χ2n) is 7.13. The molecule has 1 amide bonds. The summed E-state index contributed by atoms with van der Waals surface area (Å²) in [4.78, 5) is 31.7. The topological polar surface area (TPSA) is 116 Å². The van der Waals surface area contributed by atoms with Gasteiger partial charge >= 0.3 is 5.00 Å². The van der Waals surface area contributed by atoms with Crippen molar-refractivity contribution in [3.05, 3.63) is 93.2 Å². The van der Waals surface area contributed by atoms with Crippen molar-refractivity contribution >= 4 is 39.1 Å². The highest BCUT2D eigenvalue weighted by atomic mass is 32.1. The number of aromatic nitrogens is 4. The summed E-state index contributed by atoms with van der Waals surface area (Å²) in [5.41, 5.74) is 0.625. The third-order valence-corrected chi connectivity index (χ3v) is 5.93. The predicted octanol–water partition coefficient (Wildman–Crippen LogP) is 5.12. The van der Waals surface area contributed by atoms with Gasteiger partial charge in [-0.2, -0.15) is 5.10 Å². The molecule has 3 heterocycles. The lowest BCUT2D eigenvalue weighted by Crippen LogP contribution is -2.13. The zero-order valence-electron chi connectivity index (χ0n) is 17.3. The quantitative estimate of drug-likeness (QED) is 0.205. The number of hydrogen-bond acceptors (Lipinski definition) is 7. The van der Waals surface area contributed by atoms with Crippen LogP contribution >= 0.6 is 11.3 Å². The summed E-state index contributed by atoms with van der Waals surface area (Å²) in [6.45, 7) is 0. The zero-order chi connectivity index (χ0) is 24.7. The number of carbonyl (C=O) groups is 1. The summed E-state index contributed by atoms with van der Waals surface area (Å²) < 4.78 is 42.8. The van der Waals surface area contributed by atoms with Crippen molar-refractivity contribution in [1.82, 2.24) is 19.7 Å². The first-order valence-electron chi connectivity index (χ1n) is 9.83. The number of anilines is 1. The number of fused-ring (bicyclic) bond motifs is 1. The number of nitrogens with zero attached hydrogens (tertiary/aromatic N) is 5. The SMILES string of the molecule is O=C(Nc1nc(-c2cc(F)c(F)c(F)c2)nc2c1cnn2-c1ccccc1)c1ccc([N+](=O)[O-])s1. The molecule has 0 radical (unpaired) electrons. The summed E-state index contributed by atoms with van der Waals surface area (Å²) in [6.07, 6.45) is 1.39. The molecule has 0 saturated carbocycles. The molecule has 0 aliphatic rings. The van der Waals surface area contributed by atoms with Gasteiger partial charge in [-0.05, 0) is 30.3 Å². The van der Waals surface area contributed by atoms with Crippen LogP contribution in [0.25, 0.3) is 28.1 Å². The molecule has 0 spiro atoms. The number of nitrogens with one attached hydrogen (secondary N) is 1. The first kappa shape index (κ1) is 22.2. The van der Waals surface area contributed by atoms with E-state index in [0.29, 0.717) is 22.4 Å². The Bertz CT molecular complexity index is 1600. The van der Waals surface area contributed by atoms with Crippen LogP contribution < -0.4 is 5.32 Å². The summed E-state index contributed by atoms with van der Waals surface area (Å²) in [5.74, 6) is -5.47. The second kappa shape index (κ2) is 8.61. The Morgan fingerprint density at radius 1 is 1.03 bits per heavy atom. The largest absolute Gasteiger partial charge is 0.324 e. The molecule has 13 heteroatoms. The molecule has 0 aliphatic heterocycles. The molecule has 0 aliphatic carbocycles. The maximum absolute atomic E-state index is 13.9. The average Bonchev–Trinajstić information content (AvgIpc) is 3.51. The number of benzene rings is 2. The molecule has 9 nitrogen and oxygen atoms in total. The van der Waals surface area contributed by atoms with Gasteiger partial charge in [-0.15, -0.1) is 0 Å². The minimum atomic E-state index is -1.64. The molecule has 174 valence electrons. The van der Waals surface area contributed by atoms with Crippen LogP contribution in [0.5, 0.6) is 0 Å². The second-order valence-corrected chi connectivity index (χ2v) is 8.19. The number of rotatable bonds is 5. The van der Waals surface area contributed by atoms with Crippen molar-refractivity contribution in [3.63, 3.8) is 0 Å². The van der Waals surface area contributed by atoms with E-state index in [2.05, 4.69) is 20.4 Å². The van der Waals surface area contributed by atoms with E-state index in [-0.39, 0.29) is 32.7 Å². The van der Waals surface area contributed by atoms with E-state index in [1.54, 1.807) is 30.3 Å². The standard InChI is InChI=1S/C22H11F3N6O3S/c23-14-8-11(9-15(24)18(14)25)19-27-20(29-22(32)16-6-7-17(35-16)31(33)34)13-10-26-30(21(13)28-19)12-4-2-1-3-5-12/h1-10H,(H,27,28,29,32). The van der Waals surface area contributed by atoms with E-state index in [1.165, 1.54) is 23.0 Å². The lowest BCUT2D eigenvalue weighted by atomic mass is 10.2. The Morgan fingerprint density at radius 2 is 1.74 bits per heavy atom. The van der Waals surface area contributed by atoms with E-state index in [0.717, 1.165) is 12.1 Å². The monoisotopic (exact) mass is 496 g/mol. The molecule has 0 saturated heterocycles. The maximum atomic E-state index is 13.9. The predicted molar refractivity (Wildman–Crippen MR) is 121 cm³/mol. The van der Waals surface area contributed by atoms with Gasteiger partial charge in [0.05, 0.1) is 27.1 Å². The van der Waals surface area contributed by atoms with Gasteiger partial charge in [0, 0.05) is 11.6 Å². The highest BCUT2D eigenvalue weighted by molar-refractivity contribution is 7.17. The van der Waals surface area contributed by atoms with Gasteiger partial charge in [0.2, 0.25) is 0 Å². The lowest BCUT2D eigenvalue weighted by Gasteiger charge is -2.09. The van der Waals surface area contributed by atoms with Crippen molar-refractivity contribution in [2.75, 3.05) is 5.32 Å². The van der Waals surface area contributed by atoms with Crippen molar-refractivity contribution in [1.29, 1.82) is 0 Å². The van der Waals surface area contributed by atoms with Crippen LogP contribution in [-0.4, -0.2) is 30.6 Å². The molecule has 5 aromatic rings. The van der Waals surface area contributed by atoms with Crippen LogP contribution in [0.1, 0.15) is 9.67 Å². The fourth-order valence-electron chi connectivity index (χ4n) is 3.29. The van der Waals surface area contributed by atoms with Crippen LogP contribution in [0, 0.1) is 27.6 Å². The fourth-order valence-corrected chi connectivity index (χ4v) is 4.01. The average molecular weight is 496 g/mol. The Hall–Kier alpha value is -4.65. The molecule has 0 fully saturated rings. The van der Waals surface area contributed by atoms with Gasteiger partial charge in [-0.25, -0.2) is 27.8 Å². The molecule has 35 heavy (non-hydrogen) atoms. The number of amides is 1. The van der Waals surface area contributed by atoms with Crippen molar-refractivity contribution < 1.29 is 22.9 Å². The van der Waals surface area contributed by atoms with E-state index >= 15 is 0 Å². The van der Waals surface area contributed by atoms with Crippen LogP contribution in [0.4, 0.5) is 24.0 Å². The van der Waals surface area contributed by atoms with Crippen LogP contribution in [0.3, 0.4) is 0 Å². The van der Waals surface area contributed by atoms with Crippen LogP contribution in [0.2, 0.25) is 0 Å². The highest BCUT2D eigenvalue weighted by Gasteiger charge is 2.21. The molecular formula is C22H11F3N6O3S. The van der Waals surface area contributed by atoms with E-state index < -0.39 is 28.3 Å². The normalized spacial score (nSPS) is 11.1. The Morgan fingerprint density at radius 3 is 2.40 bits per heavy atom. The molecule has 0 bridgehead atoms. The van der Waals surface area contributed by atoms with Crippen molar-refractivity contribution in [2.24, 2.45) is 0 Å². The summed E-state index contributed by atoms with van der Waals surface area (Å²) >= 11 is 0.666. The first-order valence-corrected chi connectivity index (χ1v) is 10.6. The smallest absolute Gasteiger partial charge is 0.305 e. The van der Waals surface area contributed by atoms with Gasteiger partial charge in [-0.1, -0.05) is 29.5 Å².